The van der Waals surface area contributed by atoms with E-state index in [2.05, 4.69) is 4.74 Å². The molecule has 2 aromatic rings. The van der Waals surface area contributed by atoms with Crippen molar-refractivity contribution in [1.82, 2.24) is 4.90 Å². The lowest BCUT2D eigenvalue weighted by Crippen LogP contribution is -2.29. The molecule has 2 amide bonds. The van der Waals surface area contributed by atoms with E-state index in [9.17, 15) is 14.4 Å². The summed E-state index contributed by atoms with van der Waals surface area (Å²) in [4.78, 5) is 37.5. The van der Waals surface area contributed by atoms with Crippen molar-refractivity contribution in [3.05, 3.63) is 70.8 Å². The van der Waals surface area contributed by atoms with Crippen LogP contribution in [-0.2, 0) is 11.3 Å². The van der Waals surface area contributed by atoms with Crippen LogP contribution >= 0.6 is 0 Å². The molecule has 0 aromatic heterocycles. The number of hydrogen-bond acceptors (Lipinski definition) is 4. The zero-order valence-electron chi connectivity index (χ0n) is 11.9. The van der Waals surface area contributed by atoms with E-state index in [0.29, 0.717) is 5.56 Å². The van der Waals surface area contributed by atoms with Crippen molar-refractivity contribution in [2.24, 2.45) is 0 Å². The molecule has 0 unspecified atom stereocenters. The van der Waals surface area contributed by atoms with Crippen LogP contribution in [0.5, 0.6) is 0 Å². The van der Waals surface area contributed by atoms with Crippen molar-refractivity contribution >= 4 is 17.8 Å². The van der Waals surface area contributed by atoms with Gasteiger partial charge in [-0.1, -0.05) is 30.3 Å². The van der Waals surface area contributed by atoms with Crippen LogP contribution < -0.4 is 0 Å². The van der Waals surface area contributed by atoms with E-state index in [4.69, 9.17) is 0 Å². The predicted molar refractivity (Wildman–Crippen MR) is 78.4 cm³/mol. The van der Waals surface area contributed by atoms with Gasteiger partial charge in [0, 0.05) is 0 Å². The molecule has 0 atom stereocenters. The number of nitrogens with zero attached hydrogens (tertiary/aromatic N) is 1. The molecule has 22 heavy (non-hydrogen) atoms. The van der Waals surface area contributed by atoms with E-state index in [1.807, 2.05) is 30.3 Å². The van der Waals surface area contributed by atoms with Crippen LogP contribution in [0, 0.1) is 0 Å². The topological polar surface area (TPSA) is 63.7 Å². The van der Waals surface area contributed by atoms with Gasteiger partial charge in [0.2, 0.25) is 0 Å². The van der Waals surface area contributed by atoms with Gasteiger partial charge in [0.1, 0.15) is 0 Å². The third-order valence-corrected chi connectivity index (χ3v) is 3.58. The van der Waals surface area contributed by atoms with E-state index >= 15 is 0 Å². The first kappa shape index (κ1) is 14.0. The van der Waals surface area contributed by atoms with E-state index in [1.54, 1.807) is 0 Å². The number of benzene rings is 2. The summed E-state index contributed by atoms with van der Waals surface area (Å²) in [5.74, 6) is -1.28. The van der Waals surface area contributed by atoms with Gasteiger partial charge >= 0.3 is 5.97 Å². The van der Waals surface area contributed by atoms with Gasteiger partial charge in [0.25, 0.3) is 11.8 Å². The first-order valence-electron chi connectivity index (χ1n) is 6.74. The van der Waals surface area contributed by atoms with Crippen LogP contribution in [0.25, 0.3) is 0 Å². The van der Waals surface area contributed by atoms with Crippen molar-refractivity contribution in [3.63, 3.8) is 0 Å². The van der Waals surface area contributed by atoms with Gasteiger partial charge in [-0.3, -0.25) is 14.5 Å². The molecule has 0 aliphatic carbocycles. The molecule has 5 nitrogen and oxygen atoms in total. The minimum absolute atomic E-state index is 0.209. The maximum Gasteiger partial charge on any atom is 0.337 e. The lowest BCUT2D eigenvalue weighted by atomic mass is 10.1. The average Bonchev–Trinajstić information content (AvgIpc) is 2.79. The molecule has 0 saturated carbocycles. The summed E-state index contributed by atoms with van der Waals surface area (Å²) in [5, 5.41) is 0. The molecule has 0 radical (unpaired) electrons. The largest absolute Gasteiger partial charge is 0.465 e. The maximum atomic E-state index is 12.4. The molecule has 0 fully saturated rings. The highest BCUT2D eigenvalue weighted by molar-refractivity contribution is 6.21. The van der Waals surface area contributed by atoms with E-state index in [-0.39, 0.29) is 23.6 Å². The number of hydrogen-bond donors (Lipinski definition) is 0. The second-order valence-corrected chi connectivity index (χ2v) is 4.93. The molecule has 1 aliphatic rings. The van der Waals surface area contributed by atoms with Gasteiger partial charge in [-0.15, -0.1) is 0 Å². The molecule has 1 heterocycles. The average molecular weight is 295 g/mol. The Morgan fingerprint density at radius 1 is 1.00 bits per heavy atom. The molecular weight excluding hydrogens is 282 g/mol. The molecular formula is C17H13NO4. The highest BCUT2D eigenvalue weighted by Crippen LogP contribution is 2.25. The summed E-state index contributed by atoms with van der Waals surface area (Å²) >= 11 is 0. The van der Waals surface area contributed by atoms with Gasteiger partial charge in [-0.25, -0.2) is 4.79 Å². The van der Waals surface area contributed by atoms with Crippen LogP contribution in [0.15, 0.2) is 48.5 Å². The normalized spacial score (nSPS) is 13.2. The fourth-order valence-corrected chi connectivity index (χ4v) is 2.45. The standard InChI is InChI=1S/C17H13NO4/c1-22-17(21)12-7-8-13-14(9-12)16(20)18(15(13)19)10-11-5-3-2-4-6-11/h2-9H,10H2,1H3. The van der Waals surface area contributed by atoms with Gasteiger partial charge < -0.3 is 4.74 Å². The van der Waals surface area contributed by atoms with Crippen molar-refractivity contribution in [2.45, 2.75) is 6.54 Å². The fraction of sp³-hybridized carbons (Fsp3) is 0.118. The van der Waals surface area contributed by atoms with Crippen molar-refractivity contribution in [2.75, 3.05) is 7.11 Å². The Labute approximate surface area is 127 Å². The SMILES string of the molecule is COC(=O)c1ccc2c(c1)C(=O)N(Cc1ccccc1)C2=O. The zero-order valence-corrected chi connectivity index (χ0v) is 11.9. The summed E-state index contributed by atoms with van der Waals surface area (Å²) in [6, 6.07) is 13.7. The minimum Gasteiger partial charge on any atom is -0.465 e. The molecule has 110 valence electrons. The second kappa shape index (κ2) is 5.44. The van der Waals surface area contributed by atoms with Crippen molar-refractivity contribution < 1.29 is 19.1 Å². The number of amides is 2. The number of carbonyl (C=O) groups excluding carboxylic acids is 3. The Hall–Kier alpha value is -2.95. The van der Waals surface area contributed by atoms with Crippen LogP contribution in [0.3, 0.4) is 0 Å². The molecule has 0 bridgehead atoms. The summed E-state index contributed by atoms with van der Waals surface area (Å²) in [6.07, 6.45) is 0. The molecule has 0 saturated heterocycles. The number of methoxy groups -OCH3 is 1. The van der Waals surface area contributed by atoms with Gasteiger partial charge in [0.05, 0.1) is 30.3 Å². The Morgan fingerprint density at radius 3 is 2.36 bits per heavy atom. The van der Waals surface area contributed by atoms with E-state index in [1.165, 1.54) is 30.2 Å². The smallest absolute Gasteiger partial charge is 0.337 e. The zero-order chi connectivity index (χ0) is 15.7. The number of fused-ring (bicyclic) bond motifs is 1. The lowest BCUT2D eigenvalue weighted by molar-refractivity contribution is 0.0599. The highest BCUT2D eigenvalue weighted by atomic mass is 16.5. The van der Waals surface area contributed by atoms with Crippen LogP contribution in [-0.4, -0.2) is 29.8 Å². The first-order valence-corrected chi connectivity index (χ1v) is 6.74. The fourth-order valence-electron chi connectivity index (χ4n) is 2.45. The molecule has 0 N–H and O–H groups in total. The van der Waals surface area contributed by atoms with Gasteiger partial charge in [0.15, 0.2) is 0 Å². The number of rotatable bonds is 3. The first-order chi connectivity index (χ1) is 10.6. The van der Waals surface area contributed by atoms with Crippen molar-refractivity contribution in [1.29, 1.82) is 0 Å². The maximum absolute atomic E-state index is 12.4. The Balaban J connectivity index is 1.93. The molecule has 5 heteroatoms. The van der Waals surface area contributed by atoms with Crippen LogP contribution in [0.2, 0.25) is 0 Å². The third-order valence-electron chi connectivity index (χ3n) is 3.58. The quantitative estimate of drug-likeness (QED) is 0.643. The number of imide groups is 1. The number of carbonyl (C=O) groups is 3. The summed E-state index contributed by atoms with van der Waals surface area (Å²) in [5.41, 5.74) is 1.67. The summed E-state index contributed by atoms with van der Waals surface area (Å²) in [7, 11) is 1.27. The molecule has 2 aromatic carbocycles. The van der Waals surface area contributed by atoms with Gasteiger partial charge in [-0.05, 0) is 23.8 Å². The number of ether oxygens (including phenoxy) is 1. The monoisotopic (exact) mass is 295 g/mol. The molecule has 3 rings (SSSR count). The Morgan fingerprint density at radius 2 is 1.68 bits per heavy atom. The predicted octanol–water partition coefficient (Wildman–Crippen LogP) is 2.27. The Kier molecular flexibility index (Phi) is 3.47. The van der Waals surface area contributed by atoms with E-state index < -0.39 is 11.9 Å². The lowest BCUT2D eigenvalue weighted by Gasteiger charge is -2.13. The molecule has 1 aliphatic heterocycles. The van der Waals surface area contributed by atoms with Crippen LogP contribution in [0.1, 0.15) is 36.6 Å². The third kappa shape index (κ3) is 2.26. The summed E-state index contributed by atoms with van der Waals surface area (Å²) < 4.78 is 4.63. The number of esters is 1. The minimum atomic E-state index is -0.537. The molecule has 0 spiro atoms. The highest BCUT2D eigenvalue weighted by Gasteiger charge is 2.36. The Bertz CT molecular complexity index is 767. The van der Waals surface area contributed by atoms with Gasteiger partial charge in [-0.2, -0.15) is 0 Å². The van der Waals surface area contributed by atoms with Crippen molar-refractivity contribution in [3.8, 4) is 0 Å². The summed E-state index contributed by atoms with van der Waals surface area (Å²) in [6.45, 7) is 0.209. The van der Waals surface area contributed by atoms with Crippen LogP contribution in [0.4, 0.5) is 0 Å². The second-order valence-electron chi connectivity index (χ2n) is 4.93. The van der Waals surface area contributed by atoms with E-state index in [0.717, 1.165) is 5.56 Å².